The summed E-state index contributed by atoms with van der Waals surface area (Å²) in [6.07, 6.45) is 2.42. The van der Waals surface area contributed by atoms with Crippen LogP contribution < -0.4 is 0 Å². The van der Waals surface area contributed by atoms with E-state index in [1.165, 1.54) is 0 Å². The van der Waals surface area contributed by atoms with Gasteiger partial charge in [0.25, 0.3) is 0 Å². The molecule has 1 amide bonds. The lowest BCUT2D eigenvalue weighted by Gasteiger charge is -2.24. The van der Waals surface area contributed by atoms with Crippen molar-refractivity contribution < 1.29 is 9.53 Å². The molecule has 1 unspecified atom stereocenters. The minimum Gasteiger partial charge on any atom is -0.444 e. The lowest BCUT2D eigenvalue weighted by Crippen LogP contribution is -2.35. The van der Waals surface area contributed by atoms with Crippen LogP contribution >= 0.6 is 15.9 Å². The van der Waals surface area contributed by atoms with Crippen LogP contribution in [0.1, 0.15) is 38.9 Å². The second kappa shape index (κ2) is 4.91. The number of nitrogens with zero attached hydrogens (tertiary/aromatic N) is 2. The number of aromatic nitrogens is 2. The van der Waals surface area contributed by atoms with Crippen LogP contribution in [0.5, 0.6) is 0 Å². The molecular formula is C12H18BrN3O2. The zero-order valence-corrected chi connectivity index (χ0v) is 12.5. The molecule has 1 aliphatic heterocycles. The van der Waals surface area contributed by atoms with Crippen LogP contribution in [0, 0.1) is 0 Å². The topological polar surface area (TPSA) is 58.2 Å². The zero-order chi connectivity index (χ0) is 13.3. The number of likely N-dealkylation sites (tertiary alicyclic amines) is 1. The summed E-state index contributed by atoms with van der Waals surface area (Å²) in [5.41, 5.74) is -0.442. The second-order valence-electron chi connectivity index (χ2n) is 5.53. The highest BCUT2D eigenvalue weighted by atomic mass is 79.9. The quantitative estimate of drug-likeness (QED) is 0.867. The van der Waals surface area contributed by atoms with Crippen LogP contribution in [0.15, 0.2) is 10.8 Å². The van der Waals surface area contributed by atoms with Crippen molar-refractivity contribution in [1.82, 2.24) is 14.9 Å². The summed E-state index contributed by atoms with van der Waals surface area (Å²) < 4.78 is 6.23. The first-order chi connectivity index (χ1) is 8.35. The maximum atomic E-state index is 11.9. The molecule has 1 atom stereocenters. The van der Waals surface area contributed by atoms with Crippen molar-refractivity contribution in [3.05, 3.63) is 16.6 Å². The summed E-state index contributed by atoms with van der Waals surface area (Å²) in [7, 11) is 0. The molecule has 0 spiro atoms. The average Bonchev–Trinajstić information content (AvgIpc) is 2.82. The maximum Gasteiger partial charge on any atom is 0.410 e. The molecule has 1 aliphatic rings. The fourth-order valence-corrected chi connectivity index (χ4v) is 2.30. The zero-order valence-electron chi connectivity index (χ0n) is 10.9. The monoisotopic (exact) mass is 315 g/mol. The molecular weight excluding hydrogens is 298 g/mol. The third kappa shape index (κ3) is 3.25. The van der Waals surface area contributed by atoms with Gasteiger partial charge in [0, 0.05) is 19.0 Å². The Morgan fingerprint density at radius 2 is 2.33 bits per heavy atom. The van der Waals surface area contributed by atoms with E-state index in [0.29, 0.717) is 6.54 Å². The van der Waals surface area contributed by atoms with E-state index in [2.05, 4.69) is 25.9 Å². The number of nitrogens with one attached hydrogen (secondary N) is 1. The summed E-state index contributed by atoms with van der Waals surface area (Å²) >= 11 is 3.34. The number of rotatable bonds is 1. The Labute approximate surface area is 115 Å². The Morgan fingerprint density at radius 1 is 1.61 bits per heavy atom. The molecule has 0 aromatic carbocycles. The SMILES string of the molecule is CC(C)(C)OC(=O)N1CCC(c2ncc(Br)[nH]2)C1. The summed E-state index contributed by atoms with van der Waals surface area (Å²) in [6, 6.07) is 0. The van der Waals surface area contributed by atoms with Crippen LogP contribution in [-0.2, 0) is 4.74 Å². The molecule has 1 aromatic heterocycles. The Hall–Kier alpha value is -1.04. The molecule has 100 valence electrons. The molecule has 5 nitrogen and oxygen atoms in total. The Balaban J connectivity index is 1.94. The lowest BCUT2D eigenvalue weighted by atomic mass is 10.1. The predicted octanol–water partition coefficient (Wildman–Crippen LogP) is 2.90. The number of carbonyl (C=O) groups is 1. The first kappa shape index (κ1) is 13.4. The van der Waals surface area contributed by atoms with Gasteiger partial charge in [-0.25, -0.2) is 9.78 Å². The van der Waals surface area contributed by atoms with Gasteiger partial charge in [0.1, 0.15) is 16.0 Å². The molecule has 6 heteroatoms. The van der Waals surface area contributed by atoms with E-state index in [1.54, 1.807) is 11.1 Å². The minimum atomic E-state index is -0.442. The van der Waals surface area contributed by atoms with E-state index < -0.39 is 5.60 Å². The molecule has 0 radical (unpaired) electrons. The van der Waals surface area contributed by atoms with E-state index in [0.717, 1.165) is 23.4 Å². The van der Waals surface area contributed by atoms with Gasteiger partial charge in [-0.3, -0.25) is 0 Å². The van der Waals surface area contributed by atoms with Gasteiger partial charge < -0.3 is 14.6 Å². The van der Waals surface area contributed by atoms with Crippen molar-refractivity contribution >= 4 is 22.0 Å². The number of H-pyrrole nitrogens is 1. The van der Waals surface area contributed by atoms with Crippen molar-refractivity contribution in [2.75, 3.05) is 13.1 Å². The molecule has 0 aliphatic carbocycles. The summed E-state index contributed by atoms with van der Waals surface area (Å²) in [5, 5.41) is 0. The fourth-order valence-electron chi connectivity index (χ4n) is 2.00. The van der Waals surface area contributed by atoms with Crippen molar-refractivity contribution in [1.29, 1.82) is 0 Å². The maximum absolute atomic E-state index is 11.9. The normalized spacial score (nSPS) is 20.2. The number of hydrogen-bond donors (Lipinski definition) is 1. The second-order valence-corrected chi connectivity index (χ2v) is 6.38. The molecule has 0 bridgehead atoms. The molecule has 1 N–H and O–H groups in total. The van der Waals surface area contributed by atoms with E-state index in [9.17, 15) is 4.79 Å². The molecule has 0 saturated carbocycles. The van der Waals surface area contributed by atoms with Gasteiger partial charge in [0.05, 0.1) is 6.20 Å². The third-order valence-electron chi connectivity index (χ3n) is 2.79. The van der Waals surface area contributed by atoms with E-state index in [4.69, 9.17) is 4.74 Å². The van der Waals surface area contributed by atoms with Gasteiger partial charge in [-0.05, 0) is 43.1 Å². The van der Waals surface area contributed by atoms with Crippen LogP contribution in [0.2, 0.25) is 0 Å². The van der Waals surface area contributed by atoms with E-state index >= 15 is 0 Å². The minimum absolute atomic E-state index is 0.240. The molecule has 1 aromatic rings. The molecule has 1 saturated heterocycles. The number of carbonyl (C=O) groups excluding carboxylic acids is 1. The Bertz CT molecular complexity index is 439. The first-order valence-electron chi connectivity index (χ1n) is 6.03. The third-order valence-corrected chi connectivity index (χ3v) is 3.19. The summed E-state index contributed by atoms with van der Waals surface area (Å²) in [6.45, 7) is 7.01. The molecule has 2 rings (SSSR count). The van der Waals surface area contributed by atoms with Gasteiger partial charge in [-0.15, -0.1) is 0 Å². The largest absolute Gasteiger partial charge is 0.444 e. The number of aromatic amines is 1. The van der Waals surface area contributed by atoms with Gasteiger partial charge in [-0.2, -0.15) is 0 Å². The number of ether oxygens (including phenoxy) is 1. The van der Waals surface area contributed by atoms with Gasteiger partial charge >= 0.3 is 6.09 Å². The van der Waals surface area contributed by atoms with Crippen molar-refractivity contribution in [3.8, 4) is 0 Å². The highest BCUT2D eigenvalue weighted by molar-refractivity contribution is 9.10. The van der Waals surface area contributed by atoms with Gasteiger partial charge in [0.15, 0.2) is 0 Å². The van der Waals surface area contributed by atoms with Gasteiger partial charge in [0.2, 0.25) is 0 Å². The fraction of sp³-hybridized carbons (Fsp3) is 0.667. The predicted molar refractivity (Wildman–Crippen MR) is 71.5 cm³/mol. The van der Waals surface area contributed by atoms with Crippen LogP contribution in [0.4, 0.5) is 4.79 Å². The average molecular weight is 316 g/mol. The molecule has 2 heterocycles. The Morgan fingerprint density at radius 3 is 2.89 bits per heavy atom. The van der Waals surface area contributed by atoms with Crippen LogP contribution in [-0.4, -0.2) is 39.7 Å². The van der Waals surface area contributed by atoms with Crippen molar-refractivity contribution in [2.45, 2.75) is 38.7 Å². The van der Waals surface area contributed by atoms with Crippen LogP contribution in [0.25, 0.3) is 0 Å². The van der Waals surface area contributed by atoms with Crippen molar-refractivity contribution in [2.24, 2.45) is 0 Å². The summed E-state index contributed by atoms with van der Waals surface area (Å²) in [4.78, 5) is 21.1. The molecule has 1 fully saturated rings. The van der Waals surface area contributed by atoms with Crippen LogP contribution in [0.3, 0.4) is 0 Å². The van der Waals surface area contributed by atoms with E-state index in [-0.39, 0.29) is 12.0 Å². The number of imidazole rings is 1. The highest BCUT2D eigenvalue weighted by Gasteiger charge is 2.31. The summed E-state index contributed by atoms with van der Waals surface area (Å²) in [5.74, 6) is 1.19. The highest BCUT2D eigenvalue weighted by Crippen LogP contribution is 2.27. The Kier molecular flexibility index (Phi) is 3.66. The lowest BCUT2D eigenvalue weighted by molar-refractivity contribution is 0.0292. The van der Waals surface area contributed by atoms with E-state index in [1.807, 2.05) is 20.8 Å². The smallest absolute Gasteiger partial charge is 0.410 e. The molecule has 18 heavy (non-hydrogen) atoms. The standard InChI is InChI=1S/C12H18BrN3O2/c1-12(2,3)18-11(17)16-5-4-8(7-16)10-14-6-9(13)15-10/h6,8H,4-5,7H2,1-3H3,(H,14,15). The van der Waals surface area contributed by atoms with Crippen molar-refractivity contribution in [3.63, 3.8) is 0 Å². The number of amides is 1. The number of hydrogen-bond acceptors (Lipinski definition) is 3. The van der Waals surface area contributed by atoms with Gasteiger partial charge in [-0.1, -0.05) is 0 Å². The number of halogens is 1. The first-order valence-corrected chi connectivity index (χ1v) is 6.83.